The highest BCUT2D eigenvalue weighted by molar-refractivity contribution is 5.42. The van der Waals surface area contributed by atoms with Gasteiger partial charge in [0.25, 0.3) is 5.56 Å². The second kappa shape index (κ2) is 4.72. The average Bonchev–Trinajstić information content (AvgIpc) is 2.60. The molecule has 2 aromatic rings. The topological polar surface area (TPSA) is 63.8 Å². The molecule has 1 aromatic carbocycles. The summed E-state index contributed by atoms with van der Waals surface area (Å²) in [6.45, 7) is 6.60. The van der Waals surface area contributed by atoms with Crippen LogP contribution >= 0.6 is 0 Å². The molecular formula is C14H19N3O. The van der Waals surface area contributed by atoms with E-state index in [-0.39, 0.29) is 11.5 Å². The van der Waals surface area contributed by atoms with Gasteiger partial charge in [-0.25, -0.2) is 4.68 Å². The van der Waals surface area contributed by atoms with Gasteiger partial charge in [-0.2, -0.15) is 0 Å². The summed E-state index contributed by atoms with van der Waals surface area (Å²) in [5.74, 6) is 0.218. The van der Waals surface area contributed by atoms with Crippen molar-refractivity contribution in [3.63, 3.8) is 0 Å². The molecule has 0 aliphatic rings. The van der Waals surface area contributed by atoms with E-state index < -0.39 is 0 Å². The molecule has 0 bridgehead atoms. The minimum atomic E-state index is -0.137. The SMILES string of the molecule is Cc1ccccc1Cn1[nH]c(C(C)C)c(N)c1=O. The lowest BCUT2D eigenvalue weighted by atomic mass is 10.1. The van der Waals surface area contributed by atoms with Crippen LogP contribution in [0.1, 0.15) is 36.6 Å². The van der Waals surface area contributed by atoms with Gasteiger partial charge in [-0.3, -0.25) is 9.89 Å². The number of anilines is 1. The van der Waals surface area contributed by atoms with E-state index >= 15 is 0 Å². The first kappa shape index (κ1) is 12.5. The summed E-state index contributed by atoms with van der Waals surface area (Å²) >= 11 is 0. The zero-order valence-electron chi connectivity index (χ0n) is 11.0. The highest BCUT2D eigenvalue weighted by Crippen LogP contribution is 2.16. The molecule has 2 rings (SSSR count). The van der Waals surface area contributed by atoms with Crippen LogP contribution in [0.2, 0.25) is 0 Å². The number of aromatic nitrogens is 2. The van der Waals surface area contributed by atoms with Gasteiger partial charge < -0.3 is 5.73 Å². The lowest BCUT2D eigenvalue weighted by Gasteiger charge is -2.06. The fourth-order valence-electron chi connectivity index (χ4n) is 2.03. The number of rotatable bonds is 3. The van der Waals surface area contributed by atoms with Gasteiger partial charge in [0.05, 0.1) is 12.2 Å². The molecule has 1 aromatic heterocycles. The quantitative estimate of drug-likeness (QED) is 0.871. The third-order valence-corrected chi connectivity index (χ3v) is 3.19. The first-order valence-corrected chi connectivity index (χ1v) is 6.13. The number of nitrogens with zero attached hydrogens (tertiary/aromatic N) is 1. The Morgan fingerprint density at radius 3 is 2.56 bits per heavy atom. The van der Waals surface area contributed by atoms with Crippen LogP contribution in [0, 0.1) is 6.92 Å². The van der Waals surface area contributed by atoms with Crippen molar-refractivity contribution >= 4 is 5.69 Å². The van der Waals surface area contributed by atoms with E-state index in [1.165, 1.54) is 5.56 Å². The van der Waals surface area contributed by atoms with E-state index in [4.69, 9.17) is 5.73 Å². The molecule has 0 radical (unpaired) electrons. The highest BCUT2D eigenvalue weighted by Gasteiger charge is 2.14. The third kappa shape index (κ3) is 2.18. The molecule has 4 nitrogen and oxygen atoms in total. The van der Waals surface area contributed by atoms with Crippen molar-refractivity contribution in [1.82, 2.24) is 9.78 Å². The first-order valence-electron chi connectivity index (χ1n) is 6.13. The average molecular weight is 245 g/mol. The lowest BCUT2D eigenvalue weighted by molar-refractivity contribution is 0.638. The maximum absolute atomic E-state index is 12.0. The van der Waals surface area contributed by atoms with Crippen molar-refractivity contribution in [2.75, 3.05) is 5.73 Å². The minimum absolute atomic E-state index is 0.137. The van der Waals surface area contributed by atoms with Crippen LogP contribution in [0.15, 0.2) is 29.1 Å². The molecule has 0 aliphatic carbocycles. The second-order valence-corrected chi connectivity index (χ2v) is 4.91. The van der Waals surface area contributed by atoms with Crippen LogP contribution in [-0.4, -0.2) is 9.78 Å². The molecule has 0 spiro atoms. The summed E-state index contributed by atoms with van der Waals surface area (Å²) in [4.78, 5) is 12.0. The van der Waals surface area contributed by atoms with Crippen LogP contribution in [-0.2, 0) is 6.54 Å². The Kier molecular flexibility index (Phi) is 3.28. The van der Waals surface area contributed by atoms with Crippen molar-refractivity contribution in [2.24, 2.45) is 0 Å². The molecule has 0 atom stereocenters. The van der Waals surface area contributed by atoms with Crippen molar-refractivity contribution < 1.29 is 0 Å². The molecule has 0 fully saturated rings. The maximum atomic E-state index is 12.0. The van der Waals surface area contributed by atoms with Crippen LogP contribution in [0.25, 0.3) is 0 Å². The number of nitrogens with one attached hydrogen (secondary N) is 1. The van der Waals surface area contributed by atoms with Gasteiger partial charge in [-0.1, -0.05) is 38.1 Å². The highest BCUT2D eigenvalue weighted by atomic mass is 16.1. The molecule has 3 N–H and O–H groups in total. The molecule has 0 aliphatic heterocycles. The summed E-state index contributed by atoms with van der Waals surface area (Å²) in [6, 6.07) is 8.02. The second-order valence-electron chi connectivity index (χ2n) is 4.91. The predicted octanol–water partition coefficient (Wildman–Crippen LogP) is 2.24. The molecule has 0 saturated heterocycles. The normalized spacial score (nSPS) is 11.1. The van der Waals surface area contributed by atoms with E-state index in [1.54, 1.807) is 4.68 Å². The van der Waals surface area contributed by atoms with Crippen molar-refractivity contribution in [1.29, 1.82) is 0 Å². The van der Waals surface area contributed by atoms with Crippen molar-refractivity contribution in [3.05, 3.63) is 51.4 Å². The van der Waals surface area contributed by atoms with Gasteiger partial charge >= 0.3 is 0 Å². The maximum Gasteiger partial charge on any atom is 0.290 e. The summed E-state index contributed by atoms with van der Waals surface area (Å²) in [6.07, 6.45) is 0. The zero-order valence-corrected chi connectivity index (χ0v) is 11.0. The van der Waals surface area contributed by atoms with Gasteiger partial charge in [0.2, 0.25) is 0 Å². The molecule has 18 heavy (non-hydrogen) atoms. The molecule has 0 saturated carbocycles. The number of aromatic amines is 1. The number of hydrogen-bond acceptors (Lipinski definition) is 2. The number of H-pyrrole nitrogens is 1. The zero-order chi connectivity index (χ0) is 13.3. The Morgan fingerprint density at radius 1 is 1.33 bits per heavy atom. The number of nitrogens with two attached hydrogens (primary N) is 1. The van der Waals surface area contributed by atoms with Gasteiger partial charge in [-0.15, -0.1) is 0 Å². The summed E-state index contributed by atoms with van der Waals surface area (Å²) in [5.41, 5.74) is 9.13. The predicted molar refractivity (Wildman–Crippen MR) is 73.8 cm³/mol. The summed E-state index contributed by atoms with van der Waals surface area (Å²) in [5, 5.41) is 3.10. The van der Waals surface area contributed by atoms with Gasteiger partial charge in [0.15, 0.2) is 0 Å². The summed E-state index contributed by atoms with van der Waals surface area (Å²) < 4.78 is 1.58. The van der Waals surface area contributed by atoms with Crippen LogP contribution in [0.5, 0.6) is 0 Å². The van der Waals surface area contributed by atoms with Crippen molar-refractivity contribution in [2.45, 2.75) is 33.2 Å². The molecule has 96 valence electrons. The Morgan fingerprint density at radius 2 is 2.00 bits per heavy atom. The molecule has 1 heterocycles. The third-order valence-electron chi connectivity index (χ3n) is 3.19. The van der Waals surface area contributed by atoms with Gasteiger partial charge in [0, 0.05) is 0 Å². The number of nitrogen functional groups attached to an aromatic ring is 1. The Hall–Kier alpha value is -1.97. The van der Waals surface area contributed by atoms with E-state index in [1.807, 2.05) is 45.0 Å². The Labute approximate surface area is 106 Å². The Balaban J connectivity index is 2.39. The lowest BCUT2D eigenvalue weighted by Crippen LogP contribution is -2.19. The van der Waals surface area contributed by atoms with E-state index in [0.29, 0.717) is 12.2 Å². The minimum Gasteiger partial charge on any atom is -0.393 e. The standard InChI is InChI=1S/C14H19N3O/c1-9(2)13-12(15)14(18)17(16-13)8-11-7-5-4-6-10(11)3/h4-7,9,16H,8,15H2,1-3H3. The number of benzene rings is 1. The summed E-state index contributed by atoms with van der Waals surface area (Å²) in [7, 11) is 0. The molecule has 0 unspecified atom stereocenters. The van der Waals surface area contributed by atoms with Crippen LogP contribution in [0.3, 0.4) is 0 Å². The first-order chi connectivity index (χ1) is 8.50. The number of hydrogen-bond donors (Lipinski definition) is 2. The molecule has 0 amide bonds. The number of aryl methyl sites for hydroxylation is 1. The van der Waals surface area contributed by atoms with Crippen molar-refractivity contribution in [3.8, 4) is 0 Å². The fraction of sp³-hybridized carbons (Fsp3) is 0.357. The van der Waals surface area contributed by atoms with Gasteiger partial charge in [-0.05, 0) is 24.0 Å². The van der Waals surface area contributed by atoms with E-state index in [2.05, 4.69) is 5.10 Å². The monoisotopic (exact) mass is 245 g/mol. The smallest absolute Gasteiger partial charge is 0.290 e. The molecular weight excluding hydrogens is 226 g/mol. The van der Waals surface area contributed by atoms with Crippen LogP contribution < -0.4 is 11.3 Å². The Bertz CT molecular complexity index is 608. The van der Waals surface area contributed by atoms with Crippen LogP contribution in [0.4, 0.5) is 5.69 Å². The van der Waals surface area contributed by atoms with E-state index in [0.717, 1.165) is 11.3 Å². The fourth-order valence-corrected chi connectivity index (χ4v) is 2.03. The molecule has 4 heteroatoms. The van der Waals surface area contributed by atoms with Gasteiger partial charge in [0.1, 0.15) is 5.69 Å². The van der Waals surface area contributed by atoms with E-state index in [9.17, 15) is 4.79 Å². The largest absolute Gasteiger partial charge is 0.393 e.